The Labute approximate surface area is 135 Å². The van der Waals surface area contributed by atoms with Gasteiger partial charge in [-0.3, -0.25) is 4.90 Å². The number of rotatable bonds is 5. The minimum atomic E-state index is 0.833. The first kappa shape index (κ1) is 15.6. The van der Waals surface area contributed by atoms with Crippen LogP contribution in [-0.4, -0.2) is 25.1 Å². The van der Waals surface area contributed by atoms with Gasteiger partial charge in [0.05, 0.1) is 6.61 Å². The molecular formula is C20H29NO. The summed E-state index contributed by atoms with van der Waals surface area (Å²) < 4.78 is 5.77. The van der Waals surface area contributed by atoms with Crippen molar-refractivity contribution in [1.82, 2.24) is 4.90 Å². The Kier molecular flexibility index (Phi) is 5.55. The molecule has 1 aromatic rings. The van der Waals surface area contributed by atoms with Gasteiger partial charge in [0.1, 0.15) is 5.75 Å². The van der Waals surface area contributed by atoms with Gasteiger partial charge in [0.2, 0.25) is 0 Å². The Morgan fingerprint density at radius 1 is 1.18 bits per heavy atom. The van der Waals surface area contributed by atoms with Crippen LogP contribution in [-0.2, 0) is 13.0 Å². The van der Waals surface area contributed by atoms with E-state index in [9.17, 15) is 0 Å². The molecule has 2 aliphatic rings. The predicted octanol–water partition coefficient (Wildman–Crippen LogP) is 4.58. The van der Waals surface area contributed by atoms with Crippen LogP contribution < -0.4 is 4.74 Å². The maximum atomic E-state index is 5.77. The van der Waals surface area contributed by atoms with E-state index in [1.807, 2.05) is 0 Å². The maximum absolute atomic E-state index is 5.77. The first-order valence-corrected chi connectivity index (χ1v) is 8.91. The first-order valence-electron chi connectivity index (χ1n) is 8.91. The van der Waals surface area contributed by atoms with Crippen LogP contribution in [0.5, 0.6) is 5.75 Å². The molecule has 1 saturated carbocycles. The molecule has 1 aromatic carbocycles. The maximum Gasteiger partial charge on any atom is 0.122 e. The molecule has 1 aliphatic heterocycles. The van der Waals surface area contributed by atoms with E-state index in [0.717, 1.165) is 44.2 Å². The van der Waals surface area contributed by atoms with Gasteiger partial charge < -0.3 is 4.74 Å². The van der Waals surface area contributed by atoms with Crippen LogP contribution in [0.15, 0.2) is 30.4 Å². The highest BCUT2D eigenvalue weighted by atomic mass is 16.5. The van der Waals surface area contributed by atoms with Crippen molar-refractivity contribution in [2.45, 2.75) is 51.5 Å². The molecule has 0 saturated heterocycles. The molecule has 22 heavy (non-hydrogen) atoms. The summed E-state index contributed by atoms with van der Waals surface area (Å²) in [4.78, 5) is 2.38. The molecule has 0 N–H and O–H groups in total. The summed E-state index contributed by atoms with van der Waals surface area (Å²) in [5.41, 5.74) is 2.73. The lowest BCUT2D eigenvalue weighted by atomic mass is 9.89. The summed E-state index contributed by atoms with van der Waals surface area (Å²) >= 11 is 0. The van der Waals surface area contributed by atoms with E-state index in [1.54, 1.807) is 0 Å². The van der Waals surface area contributed by atoms with E-state index in [4.69, 9.17) is 4.74 Å². The van der Waals surface area contributed by atoms with E-state index in [-0.39, 0.29) is 0 Å². The highest BCUT2D eigenvalue weighted by Gasteiger charge is 2.12. The van der Waals surface area contributed by atoms with Crippen molar-refractivity contribution in [3.63, 3.8) is 0 Å². The molecule has 1 aliphatic carbocycles. The highest BCUT2D eigenvalue weighted by Crippen LogP contribution is 2.26. The number of aryl methyl sites for hydroxylation is 1. The van der Waals surface area contributed by atoms with Crippen molar-refractivity contribution in [2.75, 3.05) is 20.2 Å². The second-order valence-corrected chi connectivity index (χ2v) is 6.92. The van der Waals surface area contributed by atoms with Gasteiger partial charge in [-0.05, 0) is 55.8 Å². The Morgan fingerprint density at radius 2 is 2.05 bits per heavy atom. The lowest BCUT2D eigenvalue weighted by Gasteiger charge is -2.20. The summed E-state index contributed by atoms with van der Waals surface area (Å²) in [7, 11) is 2.20. The Hall–Kier alpha value is -1.28. The van der Waals surface area contributed by atoms with Crippen LogP contribution >= 0.6 is 0 Å². The minimum absolute atomic E-state index is 0.833. The van der Waals surface area contributed by atoms with E-state index < -0.39 is 0 Å². The number of benzene rings is 1. The largest absolute Gasteiger partial charge is 0.493 e. The Morgan fingerprint density at radius 3 is 2.91 bits per heavy atom. The SMILES string of the molecule is CN(CC=CC1CCCCC1)Cc1ccc2c(c1)OCCC2. The molecule has 0 unspecified atom stereocenters. The third-order valence-electron chi connectivity index (χ3n) is 4.91. The summed E-state index contributed by atoms with van der Waals surface area (Å²) in [6.07, 6.45) is 14.2. The monoisotopic (exact) mass is 299 g/mol. The zero-order valence-corrected chi connectivity index (χ0v) is 13.9. The van der Waals surface area contributed by atoms with Gasteiger partial charge in [-0.2, -0.15) is 0 Å². The van der Waals surface area contributed by atoms with E-state index in [0.29, 0.717) is 0 Å². The molecule has 0 atom stereocenters. The predicted molar refractivity (Wildman–Crippen MR) is 92.3 cm³/mol. The Balaban J connectivity index is 1.48. The summed E-state index contributed by atoms with van der Waals surface area (Å²) in [6.45, 7) is 2.90. The molecule has 0 amide bonds. The molecule has 120 valence electrons. The second kappa shape index (κ2) is 7.82. The Bertz CT molecular complexity index is 502. The van der Waals surface area contributed by atoms with Crippen LogP contribution in [0.4, 0.5) is 0 Å². The third-order valence-corrected chi connectivity index (χ3v) is 4.91. The van der Waals surface area contributed by atoms with Crippen molar-refractivity contribution in [3.8, 4) is 5.75 Å². The van der Waals surface area contributed by atoms with Crippen molar-refractivity contribution < 1.29 is 4.74 Å². The van der Waals surface area contributed by atoms with Crippen molar-refractivity contribution in [3.05, 3.63) is 41.5 Å². The number of likely N-dealkylation sites (N-methyl/N-ethyl adjacent to an activating group) is 1. The molecule has 3 rings (SSSR count). The summed E-state index contributed by atoms with van der Waals surface area (Å²) in [6, 6.07) is 6.74. The van der Waals surface area contributed by atoms with Gasteiger partial charge in [-0.1, -0.05) is 43.5 Å². The number of nitrogens with zero attached hydrogens (tertiary/aromatic N) is 1. The number of fused-ring (bicyclic) bond motifs is 1. The topological polar surface area (TPSA) is 12.5 Å². The number of allylic oxidation sites excluding steroid dienone is 1. The zero-order chi connectivity index (χ0) is 15.2. The quantitative estimate of drug-likeness (QED) is 0.738. The van der Waals surface area contributed by atoms with E-state index in [2.05, 4.69) is 42.3 Å². The van der Waals surface area contributed by atoms with E-state index >= 15 is 0 Å². The smallest absolute Gasteiger partial charge is 0.122 e. The van der Waals surface area contributed by atoms with Gasteiger partial charge >= 0.3 is 0 Å². The van der Waals surface area contributed by atoms with Crippen molar-refractivity contribution in [1.29, 1.82) is 0 Å². The molecule has 1 fully saturated rings. The fourth-order valence-corrected chi connectivity index (χ4v) is 3.62. The van der Waals surface area contributed by atoms with E-state index in [1.165, 1.54) is 43.2 Å². The standard InChI is InChI=1S/C20H29NO/c1-21(13-5-9-17-7-3-2-4-8-17)16-18-11-12-19-10-6-14-22-20(19)15-18/h5,9,11-12,15,17H,2-4,6-8,10,13-14,16H2,1H3. The lowest BCUT2D eigenvalue weighted by molar-refractivity contribution is 0.287. The van der Waals surface area contributed by atoms with Crippen LogP contribution in [0.25, 0.3) is 0 Å². The third kappa shape index (κ3) is 4.36. The molecule has 2 heteroatoms. The molecule has 0 bridgehead atoms. The molecule has 0 spiro atoms. The molecule has 0 radical (unpaired) electrons. The van der Waals surface area contributed by atoms with Crippen LogP contribution in [0.1, 0.15) is 49.7 Å². The van der Waals surface area contributed by atoms with Gasteiger partial charge in [0.15, 0.2) is 0 Å². The normalized spacial score (nSPS) is 19.4. The number of hydrogen-bond donors (Lipinski definition) is 0. The zero-order valence-electron chi connectivity index (χ0n) is 13.9. The fourth-order valence-electron chi connectivity index (χ4n) is 3.62. The first-order chi connectivity index (χ1) is 10.8. The second-order valence-electron chi connectivity index (χ2n) is 6.92. The highest BCUT2D eigenvalue weighted by molar-refractivity contribution is 5.38. The number of ether oxygens (including phenoxy) is 1. The van der Waals surface area contributed by atoms with Gasteiger partial charge in [0, 0.05) is 13.1 Å². The van der Waals surface area contributed by atoms with Crippen LogP contribution in [0.2, 0.25) is 0 Å². The minimum Gasteiger partial charge on any atom is -0.493 e. The molecule has 0 aromatic heterocycles. The average molecular weight is 299 g/mol. The van der Waals surface area contributed by atoms with Crippen LogP contribution in [0.3, 0.4) is 0 Å². The van der Waals surface area contributed by atoms with Gasteiger partial charge in [0.25, 0.3) is 0 Å². The van der Waals surface area contributed by atoms with Crippen molar-refractivity contribution in [2.24, 2.45) is 5.92 Å². The summed E-state index contributed by atoms with van der Waals surface area (Å²) in [5, 5.41) is 0. The fraction of sp³-hybridized carbons (Fsp3) is 0.600. The molecule has 2 nitrogen and oxygen atoms in total. The molecule has 1 heterocycles. The lowest BCUT2D eigenvalue weighted by Crippen LogP contribution is -2.18. The molecular weight excluding hydrogens is 270 g/mol. The van der Waals surface area contributed by atoms with Crippen molar-refractivity contribution >= 4 is 0 Å². The number of hydrogen-bond acceptors (Lipinski definition) is 2. The average Bonchev–Trinajstić information content (AvgIpc) is 2.56. The van der Waals surface area contributed by atoms with Crippen LogP contribution in [0, 0.1) is 5.92 Å². The summed E-state index contributed by atoms with van der Waals surface area (Å²) in [5.74, 6) is 1.94. The van der Waals surface area contributed by atoms with Gasteiger partial charge in [-0.25, -0.2) is 0 Å². The van der Waals surface area contributed by atoms with Gasteiger partial charge in [-0.15, -0.1) is 0 Å².